The van der Waals surface area contributed by atoms with Gasteiger partial charge < -0.3 is 4.42 Å². The molecule has 0 saturated carbocycles. The number of amides is 1. The first kappa shape index (κ1) is 12.4. The number of nitrogens with zero attached hydrogens (tertiary/aromatic N) is 2. The van der Waals surface area contributed by atoms with Gasteiger partial charge in [-0.3, -0.25) is 4.79 Å². The predicted octanol–water partition coefficient (Wildman–Crippen LogP) is 3.39. The molecule has 0 N–H and O–H groups in total. The third kappa shape index (κ3) is 2.16. The second kappa shape index (κ2) is 4.81. The number of para-hydroxylation sites is 1. The summed E-state index contributed by atoms with van der Waals surface area (Å²) in [6.07, 6.45) is 1.73. The van der Waals surface area contributed by atoms with Crippen molar-refractivity contribution in [2.75, 3.05) is 5.01 Å². The summed E-state index contributed by atoms with van der Waals surface area (Å²) in [4.78, 5) is 12.4. The highest BCUT2D eigenvalue weighted by Gasteiger charge is 2.28. The largest absolute Gasteiger partial charge is 0.462 e. The van der Waals surface area contributed by atoms with E-state index in [9.17, 15) is 4.79 Å². The molecule has 0 aliphatic carbocycles. The van der Waals surface area contributed by atoms with Gasteiger partial charge in [0.05, 0.1) is 17.0 Å². The van der Waals surface area contributed by atoms with Crippen LogP contribution in [-0.4, -0.2) is 11.6 Å². The Kier molecular flexibility index (Phi) is 2.99. The number of aryl methyl sites for hydroxylation is 1. The minimum Gasteiger partial charge on any atom is -0.462 e. The Morgan fingerprint density at radius 1 is 1.10 bits per heavy atom. The predicted molar refractivity (Wildman–Crippen MR) is 78.5 cm³/mol. The summed E-state index contributed by atoms with van der Waals surface area (Å²) in [7, 11) is 0. The molecular formula is C16H14N2O2. The van der Waals surface area contributed by atoms with Crippen LogP contribution in [0.15, 0.2) is 57.6 Å². The topological polar surface area (TPSA) is 45.8 Å². The first-order valence-corrected chi connectivity index (χ1v) is 6.38. The molecule has 4 heteroatoms. The van der Waals surface area contributed by atoms with E-state index in [1.807, 2.05) is 56.3 Å². The van der Waals surface area contributed by atoms with Crippen LogP contribution in [0.5, 0.6) is 0 Å². The number of hydrogen-bond donors (Lipinski definition) is 0. The maximum Gasteiger partial charge on any atom is 0.280 e. The van der Waals surface area contributed by atoms with Gasteiger partial charge in [0, 0.05) is 0 Å². The van der Waals surface area contributed by atoms with Crippen molar-refractivity contribution in [3.8, 4) is 0 Å². The zero-order valence-electron chi connectivity index (χ0n) is 11.3. The maximum atomic E-state index is 12.4. The molecule has 20 heavy (non-hydrogen) atoms. The molecule has 0 spiro atoms. The van der Waals surface area contributed by atoms with Crippen LogP contribution in [0.4, 0.5) is 5.69 Å². The van der Waals surface area contributed by atoms with Crippen LogP contribution < -0.4 is 5.01 Å². The van der Waals surface area contributed by atoms with Gasteiger partial charge in [-0.25, -0.2) is 0 Å². The minimum absolute atomic E-state index is 0.136. The first-order valence-electron chi connectivity index (χ1n) is 6.38. The van der Waals surface area contributed by atoms with E-state index in [2.05, 4.69) is 5.10 Å². The number of carbonyl (C=O) groups is 1. The molecule has 3 rings (SSSR count). The Morgan fingerprint density at radius 3 is 2.50 bits per heavy atom. The molecule has 4 nitrogen and oxygen atoms in total. The van der Waals surface area contributed by atoms with Crippen LogP contribution in [0.25, 0.3) is 6.08 Å². The number of rotatable bonds is 2. The quantitative estimate of drug-likeness (QED) is 0.782. The molecule has 0 unspecified atom stereocenters. The van der Waals surface area contributed by atoms with Crippen LogP contribution >= 0.6 is 0 Å². The monoisotopic (exact) mass is 266 g/mol. The SMILES string of the molecule is CC1=NN(c2ccccc2)C(=O)/C1=C\c1ccc(C)o1. The number of benzene rings is 1. The standard InChI is InChI=1S/C16H14N2O2/c1-11-8-9-14(20-11)10-15-12(2)17-18(16(15)19)13-6-4-3-5-7-13/h3-10H,1-2H3/b15-10-. The molecule has 1 amide bonds. The molecule has 0 bridgehead atoms. The summed E-state index contributed by atoms with van der Waals surface area (Å²) in [6.45, 7) is 3.69. The van der Waals surface area contributed by atoms with Crippen LogP contribution in [0.1, 0.15) is 18.4 Å². The average molecular weight is 266 g/mol. The number of carbonyl (C=O) groups excluding carboxylic acids is 1. The van der Waals surface area contributed by atoms with Crippen LogP contribution in [-0.2, 0) is 4.79 Å². The highest BCUT2D eigenvalue weighted by atomic mass is 16.3. The fraction of sp³-hybridized carbons (Fsp3) is 0.125. The summed E-state index contributed by atoms with van der Waals surface area (Å²) in [6, 6.07) is 13.1. The van der Waals surface area contributed by atoms with Crippen molar-refractivity contribution in [3.63, 3.8) is 0 Å². The molecular weight excluding hydrogens is 252 g/mol. The van der Waals surface area contributed by atoms with Crippen LogP contribution in [0.2, 0.25) is 0 Å². The van der Waals surface area contributed by atoms with Crippen LogP contribution in [0, 0.1) is 6.92 Å². The second-order valence-electron chi connectivity index (χ2n) is 4.64. The molecule has 1 aliphatic heterocycles. The highest BCUT2D eigenvalue weighted by Crippen LogP contribution is 2.24. The molecule has 1 aliphatic rings. The maximum absolute atomic E-state index is 12.4. The fourth-order valence-electron chi connectivity index (χ4n) is 2.10. The van der Waals surface area contributed by atoms with Crippen molar-refractivity contribution >= 4 is 23.4 Å². The molecule has 0 radical (unpaired) electrons. The Balaban J connectivity index is 1.95. The number of hydrazone groups is 1. The molecule has 0 atom stereocenters. The number of furan rings is 1. The fourth-order valence-corrected chi connectivity index (χ4v) is 2.10. The van der Waals surface area contributed by atoms with Crippen LogP contribution in [0.3, 0.4) is 0 Å². The summed E-state index contributed by atoms with van der Waals surface area (Å²) in [5.74, 6) is 1.34. The molecule has 100 valence electrons. The molecule has 2 heterocycles. The lowest BCUT2D eigenvalue weighted by Gasteiger charge is -2.10. The van der Waals surface area contributed by atoms with Crippen molar-refractivity contribution in [1.82, 2.24) is 0 Å². The van der Waals surface area contributed by atoms with Gasteiger partial charge in [-0.15, -0.1) is 0 Å². The number of anilines is 1. The summed E-state index contributed by atoms with van der Waals surface area (Å²) >= 11 is 0. The lowest BCUT2D eigenvalue weighted by Crippen LogP contribution is -2.21. The van der Waals surface area contributed by atoms with Crippen molar-refractivity contribution in [2.24, 2.45) is 5.10 Å². The van der Waals surface area contributed by atoms with Gasteiger partial charge in [-0.05, 0) is 44.2 Å². The van der Waals surface area contributed by atoms with Gasteiger partial charge in [0.1, 0.15) is 11.5 Å². The zero-order valence-corrected chi connectivity index (χ0v) is 11.3. The average Bonchev–Trinajstić information content (AvgIpc) is 2.98. The van der Waals surface area contributed by atoms with E-state index >= 15 is 0 Å². The third-order valence-corrected chi connectivity index (χ3v) is 3.11. The van der Waals surface area contributed by atoms with Crippen molar-refractivity contribution in [2.45, 2.75) is 13.8 Å². The van der Waals surface area contributed by atoms with Gasteiger partial charge in [-0.1, -0.05) is 18.2 Å². The van der Waals surface area contributed by atoms with Crippen molar-refractivity contribution < 1.29 is 9.21 Å². The van der Waals surface area contributed by atoms with E-state index in [0.717, 1.165) is 11.4 Å². The summed E-state index contributed by atoms with van der Waals surface area (Å²) in [5, 5.41) is 5.73. The molecule has 1 aromatic carbocycles. The van der Waals surface area contributed by atoms with E-state index < -0.39 is 0 Å². The minimum atomic E-state index is -0.136. The van der Waals surface area contributed by atoms with Gasteiger partial charge >= 0.3 is 0 Å². The van der Waals surface area contributed by atoms with Crippen molar-refractivity contribution in [3.05, 3.63) is 59.6 Å². The summed E-state index contributed by atoms with van der Waals surface area (Å²) < 4.78 is 5.48. The van der Waals surface area contributed by atoms with Gasteiger partial charge in [0.15, 0.2) is 0 Å². The van der Waals surface area contributed by atoms with E-state index in [4.69, 9.17) is 4.42 Å². The van der Waals surface area contributed by atoms with Gasteiger partial charge in [-0.2, -0.15) is 10.1 Å². The molecule has 2 aromatic rings. The van der Waals surface area contributed by atoms with Crippen molar-refractivity contribution in [1.29, 1.82) is 0 Å². The third-order valence-electron chi connectivity index (χ3n) is 3.11. The smallest absolute Gasteiger partial charge is 0.280 e. The first-order chi connectivity index (χ1) is 9.65. The normalized spacial score (nSPS) is 16.9. The van der Waals surface area contributed by atoms with Gasteiger partial charge in [0.25, 0.3) is 5.91 Å². The lowest BCUT2D eigenvalue weighted by atomic mass is 10.1. The van der Waals surface area contributed by atoms with Gasteiger partial charge in [0.2, 0.25) is 0 Å². The van der Waals surface area contributed by atoms with E-state index in [1.54, 1.807) is 6.08 Å². The summed E-state index contributed by atoms with van der Waals surface area (Å²) in [5.41, 5.74) is 2.01. The highest BCUT2D eigenvalue weighted by molar-refractivity contribution is 6.32. The van der Waals surface area contributed by atoms with E-state index in [-0.39, 0.29) is 5.91 Å². The zero-order chi connectivity index (χ0) is 14.1. The van der Waals surface area contributed by atoms with E-state index in [0.29, 0.717) is 17.0 Å². The lowest BCUT2D eigenvalue weighted by molar-refractivity contribution is -0.114. The Morgan fingerprint density at radius 2 is 1.85 bits per heavy atom. The molecule has 0 fully saturated rings. The molecule has 0 saturated heterocycles. The Hall–Kier alpha value is -2.62. The second-order valence-corrected chi connectivity index (χ2v) is 4.64. The Bertz CT molecular complexity index is 711. The Labute approximate surface area is 117 Å². The van der Waals surface area contributed by atoms with E-state index in [1.165, 1.54) is 5.01 Å². The number of hydrogen-bond acceptors (Lipinski definition) is 3. The molecule has 1 aromatic heterocycles.